The van der Waals surface area contributed by atoms with Crippen LogP contribution in [0.5, 0.6) is 0 Å². The zero-order valence-corrected chi connectivity index (χ0v) is 16.3. The number of nitrogens with zero attached hydrogens (tertiary/aromatic N) is 1. The lowest BCUT2D eigenvalue weighted by molar-refractivity contribution is -0.161. The van der Waals surface area contributed by atoms with E-state index in [1.165, 1.54) is 6.92 Å². The summed E-state index contributed by atoms with van der Waals surface area (Å²) < 4.78 is 49.2. The molecule has 2 atom stereocenters. The van der Waals surface area contributed by atoms with Crippen LogP contribution in [0.4, 0.5) is 13.2 Å². The first-order chi connectivity index (χ1) is 12.7. The van der Waals surface area contributed by atoms with E-state index in [9.17, 15) is 13.2 Å². The number of hydrogen-bond donors (Lipinski definition) is 1. The molecule has 0 bridgehead atoms. The van der Waals surface area contributed by atoms with E-state index in [0.29, 0.717) is 32.6 Å². The fourth-order valence-electron chi connectivity index (χ4n) is 2.75. The van der Waals surface area contributed by atoms with Crippen molar-refractivity contribution in [3.8, 4) is 11.3 Å². The monoisotopic (exact) mass is 422 g/mol. The van der Waals surface area contributed by atoms with E-state index < -0.39 is 18.4 Å². The molecule has 1 fully saturated rings. The highest BCUT2D eigenvalue weighted by Crippen LogP contribution is 2.46. The molecule has 0 amide bonds. The van der Waals surface area contributed by atoms with Gasteiger partial charge in [-0.1, -0.05) is 34.4 Å². The van der Waals surface area contributed by atoms with Gasteiger partial charge in [0.15, 0.2) is 0 Å². The zero-order valence-electron chi connectivity index (χ0n) is 14.7. The summed E-state index contributed by atoms with van der Waals surface area (Å²) in [4.78, 5) is 0. The summed E-state index contributed by atoms with van der Waals surface area (Å²) in [6, 6.07) is 3.41. The summed E-state index contributed by atoms with van der Waals surface area (Å²) in [5, 5.41) is 7.33. The van der Waals surface area contributed by atoms with E-state index in [0.717, 1.165) is 19.8 Å². The zero-order chi connectivity index (χ0) is 19.8. The Bertz CT molecular complexity index is 786. The van der Waals surface area contributed by atoms with Gasteiger partial charge in [0.2, 0.25) is 0 Å². The maximum Gasteiger partial charge on any atom is 0.403 e. The van der Waals surface area contributed by atoms with Gasteiger partial charge in [-0.2, -0.15) is 13.2 Å². The number of aromatic nitrogens is 1. The third kappa shape index (κ3) is 4.77. The van der Waals surface area contributed by atoms with Crippen LogP contribution in [0.15, 0.2) is 22.7 Å². The number of alkyl halides is 3. The number of nitrogens with one attached hydrogen (secondary N) is 1. The fraction of sp³-hybridized carbons (Fsp3) is 0.500. The molecule has 148 valence electrons. The van der Waals surface area contributed by atoms with Crippen LogP contribution in [0.2, 0.25) is 10.0 Å². The van der Waals surface area contributed by atoms with Crippen molar-refractivity contribution < 1.29 is 22.4 Å². The summed E-state index contributed by atoms with van der Waals surface area (Å²) in [6.45, 7) is 2.60. The Morgan fingerprint density at radius 2 is 1.89 bits per heavy atom. The molecule has 0 spiro atoms. The van der Waals surface area contributed by atoms with Gasteiger partial charge in [-0.15, -0.1) is 0 Å². The van der Waals surface area contributed by atoms with Crippen LogP contribution in [0.1, 0.15) is 43.9 Å². The van der Waals surface area contributed by atoms with Crippen LogP contribution in [-0.4, -0.2) is 23.6 Å². The Morgan fingerprint density at radius 1 is 1.26 bits per heavy atom. The molecule has 1 aromatic heterocycles. The highest BCUT2D eigenvalue weighted by Gasteiger charge is 2.37. The molecule has 1 N–H and O–H groups in total. The molecule has 1 saturated carbocycles. The van der Waals surface area contributed by atoms with Crippen molar-refractivity contribution in [1.29, 1.82) is 0 Å². The normalized spacial score (nSPS) is 17.1. The maximum atomic E-state index is 12.7. The lowest BCUT2D eigenvalue weighted by Gasteiger charge is -2.22. The molecule has 1 aliphatic carbocycles. The Morgan fingerprint density at radius 3 is 2.44 bits per heavy atom. The van der Waals surface area contributed by atoms with Gasteiger partial charge in [0.25, 0.3) is 0 Å². The molecule has 3 rings (SSSR count). The van der Waals surface area contributed by atoms with Gasteiger partial charge < -0.3 is 9.26 Å². The van der Waals surface area contributed by atoms with E-state index in [1.54, 1.807) is 18.2 Å². The average molecular weight is 423 g/mol. The van der Waals surface area contributed by atoms with Crippen molar-refractivity contribution in [3.05, 3.63) is 39.6 Å². The van der Waals surface area contributed by atoms with Crippen molar-refractivity contribution in [3.63, 3.8) is 0 Å². The summed E-state index contributed by atoms with van der Waals surface area (Å²) in [5.74, 6) is 0.917. The van der Waals surface area contributed by atoms with Crippen molar-refractivity contribution in [2.75, 3.05) is 0 Å². The van der Waals surface area contributed by atoms with E-state index in [-0.39, 0.29) is 12.5 Å². The van der Waals surface area contributed by atoms with Crippen LogP contribution < -0.4 is 5.32 Å². The molecule has 2 aromatic rings. The molecule has 0 aliphatic heterocycles. The van der Waals surface area contributed by atoms with Crippen molar-refractivity contribution >= 4 is 23.2 Å². The van der Waals surface area contributed by atoms with Gasteiger partial charge in [-0.25, -0.2) is 0 Å². The first-order valence-corrected chi connectivity index (χ1v) is 9.31. The van der Waals surface area contributed by atoms with E-state index in [2.05, 4.69) is 10.5 Å². The van der Waals surface area contributed by atoms with Gasteiger partial charge in [-0.05, 0) is 38.8 Å². The average Bonchev–Trinajstić information content (AvgIpc) is 3.33. The summed E-state index contributed by atoms with van der Waals surface area (Å²) in [7, 11) is 0. The Labute approximate surface area is 164 Å². The van der Waals surface area contributed by atoms with Gasteiger partial charge in [0.05, 0.1) is 16.7 Å². The van der Waals surface area contributed by atoms with E-state index in [1.807, 2.05) is 0 Å². The van der Waals surface area contributed by atoms with Crippen LogP contribution in [0, 0.1) is 0 Å². The van der Waals surface area contributed by atoms with Crippen LogP contribution in [0.3, 0.4) is 0 Å². The number of halogens is 5. The van der Waals surface area contributed by atoms with Crippen LogP contribution in [-0.2, 0) is 11.3 Å². The second-order valence-corrected chi connectivity index (χ2v) is 7.44. The third-order valence-electron chi connectivity index (χ3n) is 4.42. The molecule has 1 aromatic carbocycles. The molecule has 1 heterocycles. The van der Waals surface area contributed by atoms with Crippen molar-refractivity contribution in [2.24, 2.45) is 0 Å². The quantitative estimate of drug-likeness (QED) is 0.561. The third-order valence-corrected chi connectivity index (χ3v) is 5.05. The Balaban J connectivity index is 1.81. The second-order valence-electron chi connectivity index (χ2n) is 6.63. The minimum Gasteiger partial charge on any atom is -0.360 e. The Kier molecular flexibility index (Phi) is 6.05. The highest BCUT2D eigenvalue weighted by atomic mass is 35.5. The van der Waals surface area contributed by atoms with E-state index in [4.69, 9.17) is 32.5 Å². The minimum absolute atomic E-state index is 0.0327. The molecular formula is C18H19Cl2F3N2O2. The molecule has 4 nitrogen and oxygen atoms in total. The Hall–Kier alpha value is -1.28. The van der Waals surface area contributed by atoms with Crippen LogP contribution in [0.25, 0.3) is 11.3 Å². The number of hydrogen-bond acceptors (Lipinski definition) is 4. The first-order valence-electron chi connectivity index (χ1n) is 8.55. The topological polar surface area (TPSA) is 47.3 Å². The number of rotatable bonds is 7. The first kappa shape index (κ1) is 20.5. The van der Waals surface area contributed by atoms with Gasteiger partial charge in [-0.3, -0.25) is 5.32 Å². The standard InChI is InChI=1S/C18H19Cl2F3N2O2/c1-9(18(21,22)23)24-10(2)26-8-12-16(25-27-17(12)11-6-7-11)15-13(19)4-3-5-14(15)20/h3-5,9-11,24H,6-8H2,1-2H3. The lowest BCUT2D eigenvalue weighted by Crippen LogP contribution is -2.45. The lowest BCUT2D eigenvalue weighted by atomic mass is 10.0. The molecule has 0 radical (unpaired) electrons. The fourth-order valence-corrected chi connectivity index (χ4v) is 3.33. The molecule has 0 saturated heterocycles. The second kappa shape index (κ2) is 7.99. The van der Waals surface area contributed by atoms with Gasteiger partial charge in [0.1, 0.15) is 23.7 Å². The predicted molar refractivity (Wildman–Crippen MR) is 96.8 cm³/mol. The summed E-state index contributed by atoms with van der Waals surface area (Å²) in [5.41, 5.74) is 1.66. The molecule has 9 heteroatoms. The summed E-state index contributed by atoms with van der Waals surface area (Å²) in [6.07, 6.45) is -3.23. The SMILES string of the molecule is CC(NC(C)C(F)(F)F)OCc1c(-c2c(Cl)cccc2Cl)noc1C1CC1. The molecule has 1 aliphatic rings. The molecular weight excluding hydrogens is 404 g/mol. The van der Waals surface area contributed by atoms with Crippen molar-refractivity contribution in [1.82, 2.24) is 10.5 Å². The smallest absolute Gasteiger partial charge is 0.360 e. The largest absolute Gasteiger partial charge is 0.403 e. The summed E-state index contributed by atoms with van der Waals surface area (Å²) >= 11 is 12.6. The minimum atomic E-state index is -4.34. The van der Waals surface area contributed by atoms with Crippen LogP contribution >= 0.6 is 23.2 Å². The van der Waals surface area contributed by atoms with Crippen molar-refractivity contribution in [2.45, 2.75) is 57.7 Å². The molecule has 2 unspecified atom stereocenters. The van der Waals surface area contributed by atoms with E-state index >= 15 is 0 Å². The van der Waals surface area contributed by atoms with Gasteiger partial charge in [0, 0.05) is 17.0 Å². The molecule has 27 heavy (non-hydrogen) atoms. The highest BCUT2D eigenvalue weighted by molar-refractivity contribution is 6.39. The van der Waals surface area contributed by atoms with Gasteiger partial charge >= 0.3 is 6.18 Å². The number of benzene rings is 1. The maximum absolute atomic E-state index is 12.7. The predicted octanol–water partition coefficient (Wildman–Crippen LogP) is 5.93. The number of ether oxygens (including phenoxy) is 1.